The van der Waals surface area contributed by atoms with Crippen LogP contribution in [-0.2, 0) is 16.1 Å². The summed E-state index contributed by atoms with van der Waals surface area (Å²) >= 11 is 0. The molecule has 3 aliphatic heterocycles. The predicted octanol–water partition coefficient (Wildman–Crippen LogP) is 2.28. The number of nitrogens with zero attached hydrogens (tertiary/aromatic N) is 1. The number of rotatable bonds is 3. The molecule has 2 unspecified atom stereocenters. The molecule has 3 heterocycles. The maximum atomic E-state index is 13.8. The van der Waals surface area contributed by atoms with Gasteiger partial charge in [0.1, 0.15) is 23.3 Å². The zero-order valence-corrected chi connectivity index (χ0v) is 19.0. The lowest BCUT2D eigenvalue weighted by Crippen LogP contribution is -2.54. The Balaban J connectivity index is 1.41. The van der Waals surface area contributed by atoms with E-state index in [-0.39, 0.29) is 19.0 Å². The van der Waals surface area contributed by atoms with Crippen LogP contribution in [0.4, 0.5) is 10.1 Å². The molecule has 0 radical (unpaired) electrons. The van der Waals surface area contributed by atoms with Gasteiger partial charge in [-0.05, 0) is 49.2 Å². The molecule has 1 amide bonds. The standard InChI is InChI=1S/C26H27FN2O5/c1-26(2)18(10-22(34-26)23-17-9-16(27)7-8-19(17)28-25(23)33)15-5-3-14(4-6-15)11-29-12-20(30)24(32)21(31)13-29/h3-10,20-21,24,30-32H,11-13H2,1-2H3,(H,28,33)/b23-22+/t20-,21?,24?/m1/s1. The van der Waals surface area contributed by atoms with Crippen molar-refractivity contribution in [1.82, 2.24) is 4.90 Å². The molecule has 0 aromatic heterocycles. The number of carbonyl (C=O) groups excluding carboxylic acids is 1. The number of β-amino-alcohol motifs (C(OH)–C–C–N with tert-alkyl or cyclic N) is 2. The van der Waals surface area contributed by atoms with Gasteiger partial charge in [-0.25, -0.2) is 4.39 Å². The first-order valence-corrected chi connectivity index (χ1v) is 11.2. The van der Waals surface area contributed by atoms with E-state index in [1.165, 1.54) is 12.1 Å². The number of allylic oxidation sites excluding steroid dienone is 1. The molecular weight excluding hydrogens is 439 g/mol. The molecule has 7 nitrogen and oxygen atoms in total. The number of hydrogen-bond acceptors (Lipinski definition) is 6. The lowest BCUT2D eigenvalue weighted by Gasteiger charge is -2.36. The number of halogens is 1. The SMILES string of the molecule is CC1(C)O/C(=C2/C(=O)Nc3ccc(F)cc32)C=C1c1ccc(CN2CC(O)C(O)[C@H](O)C2)cc1. The second kappa shape index (κ2) is 8.32. The summed E-state index contributed by atoms with van der Waals surface area (Å²) < 4.78 is 20.0. The quantitative estimate of drug-likeness (QED) is 0.518. The van der Waals surface area contributed by atoms with Crippen LogP contribution >= 0.6 is 0 Å². The number of likely N-dealkylation sites (tertiary alicyclic amines) is 1. The van der Waals surface area contributed by atoms with Gasteiger partial charge in [0.15, 0.2) is 0 Å². The topological polar surface area (TPSA) is 102 Å². The number of aliphatic hydroxyl groups excluding tert-OH is 3. The summed E-state index contributed by atoms with van der Waals surface area (Å²) in [4.78, 5) is 14.5. The van der Waals surface area contributed by atoms with Crippen LogP contribution < -0.4 is 5.32 Å². The van der Waals surface area contributed by atoms with Crippen molar-refractivity contribution in [2.24, 2.45) is 0 Å². The highest BCUT2D eigenvalue weighted by molar-refractivity contribution is 6.32. The number of ether oxygens (including phenoxy) is 1. The molecule has 1 fully saturated rings. The fraction of sp³-hybridized carbons (Fsp3) is 0.346. The Bertz CT molecular complexity index is 1190. The van der Waals surface area contributed by atoms with E-state index in [4.69, 9.17) is 4.74 Å². The van der Waals surface area contributed by atoms with E-state index in [9.17, 15) is 24.5 Å². The molecule has 5 rings (SSSR count). The van der Waals surface area contributed by atoms with Gasteiger partial charge in [-0.3, -0.25) is 9.69 Å². The Morgan fingerprint density at radius 3 is 2.44 bits per heavy atom. The summed E-state index contributed by atoms with van der Waals surface area (Å²) in [7, 11) is 0. The van der Waals surface area contributed by atoms with Crippen LogP contribution in [0.3, 0.4) is 0 Å². The lowest BCUT2D eigenvalue weighted by molar-refractivity contribution is -0.111. The molecule has 3 aliphatic rings. The summed E-state index contributed by atoms with van der Waals surface area (Å²) in [5, 5.41) is 32.3. The van der Waals surface area contributed by atoms with E-state index in [0.29, 0.717) is 29.1 Å². The number of amides is 1. The Morgan fingerprint density at radius 2 is 1.76 bits per heavy atom. The molecule has 2 aromatic rings. The molecule has 2 aromatic carbocycles. The van der Waals surface area contributed by atoms with Crippen LogP contribution in [0, 0.1) is 5.82 Å². The van der Waals surface area contributed by atoms with Crippen LogP contribution in [0.15, 0.2) is 54.3 Å². The Labute approximate surface area is 196 Å². The first-order valence-electron chi connectivity index (χ1n) is 11.2. The third-order valence-corrected chi connectivity index (χ3v) is 6.61. The average molecular weight is 467 g/mol. The van der Waals surface area contributed by atoms with Gasteiger partial charge in [0, 0.05) is 36.5 Å². The summed E-state index contributed by atoms with van der Waals surface area (Å²) in [6.45, 7) is 4.93. The number of benzene rings is 2. The van der Waals surface area contributed by atoms with Crippen molar-refractivity contribution in [2.45, 2.75) is 44.3 Å². The van der Waals surface area contributed by atoms with Crippen molar-refractivity contribution in [1.29, 1.82) is 0 Å². The van der Waals surface area contributed by atoms with Crippen molar-refractivity contribution in [3.8, 4) is 0 Å². The van der Waals surface area contributed by atoms with E-state index >= 15 is 0 Å². The van der Waals surface area contributed by atoms with Crippen molar-refractivity contribution >= 4 is 22.7 Å². The monoisotopic (exact) mass is 466 g/mol. The first kappa shape index (κ1) is 22.7. The smallest absolute Gasteiger partial charge is 0.260 e. The zero-order chi connectivity index (χ0) is 24.2. The van der Waals surface area contributed by atoms with Gasteiger partial charge >= 0.3 is 0 Å². The highest BCUT2D eigenvalue weighted by Gasteiger charge is 2.38. The molecule has 4 N–H and O–H groups in total. The first-order chi connectivity index (χ1) is 16.1. The minimum Gasteiger partial charge on any atom is -0.482 e. The van der Waals surface area contributed by atoms with E-state index in [1.54, 1.807) is 6.07 Å². The van der Waals surface area contributed by atoms with Gasteiger partial charge in [-0.1, -0.05) is 24.3 Å². The summed E-state index contributed by atoms with van der Waals surface area (Å²) in [5.74, 6) is -0.343. The Hall–Kier alpha value is -3.04. The molecule has 178 valence electrons. The highest BCUT2D eigenvalue weighted by Crippen LogP contribution is 2.44. The molecule has 34 heavy (non-hydrogen) atoms. The normalized spacial score (nSPS) is 28.4. The van der Waals surface area contributed by atoms with E-state index in [2.05, 4.69) is 5.32 Å². The third-order valence-electron chi connectivity index (χ3n) is 6.61. The van der Waals surface area contributed by atoms with Gasteiger partial charge in [-0.15, -0.1) is 0 Å². The second-order valence-electron chi connectivity index (χ2n) is 9.57. The van der Waals surface area contributed by atoms with Gasteiger partial charge < -0.3 is 25.4 Å². The minimum atomic E-state index is -1.12. The number of fused-ring (bicyclic) bond motifs is 1. The molecule has 0 aliphatic carbocycles. The van der Waals surface area contributed by atoms with Crippen LogP contribution in [0.1, 0.15) is 30.5 Å². The van der Waals surface area contributed by atoms with Crippen LogP contribution in [0.5, 0.6) is 0 Å². The van der Waals surface area contributed by atoms with Crippen molar-refractivity contribution in [3.63, 3.8) is 0 Å². The third kappa shape index (κ3) is 4.03. The van der Waals surface area contributed by atoms with Gasteiger partial charge in [0.25, 0.3) is 5.91 Å². The summed E-state index contributed by atoms with van der Waals surface area (Å²) in [5.41, 5.74) is 3.48. The van der Waals surface area contributed by atoms with Gasteiger partial charge in [0.05, 0.1) is 17.8 Å². The van der Waals surface area contributed by atoms with E-state index < -0.39 is 29.7 Å². The maximum Gasteiger partial charge on any atom is 0.260 e. The number of anilines is 1. The molecule has 3 atom stereocenters. The van der Waals surface area contributed by atoms with Gasteiger partial charge in [-0.2, -0.15) is 0 Å². The fourth-order valence-corrected chi connectivity index (χ4v) is 4.86. The number of hydrogen-bond donors (Lipinski definition) is 4. The fourth-order valence-electron chi connectivity index (χ4n) is 4.86. The van der Waals surface area contributed by atoms with Crippen molar-refractivity contribution in [3.05, 3.63) is 76.8 Å². The van der Waals surface area contributed by atoms with Crippen LogP contribution in [-0.4, -0.2) is 63.1 Å². The van der Waals surface area contributed by atoms with Crippen molar-refractivity contribution in [2.75, 3.05) is 18.4 Å². The molecule has 1 saturated heterocycles. The minimum absolute atomic E-state index is 0.285. The van der Waals surface area contributed by atoms with Gasteiger partial charge in [0.2, 0.25) is 0 Å². The highest BCUT2D eigenvalue weighted by atomic mass is 19.1. The number of carbonyl (C=O) groups is 1. The van der Waals surface area contributed by atoms with Crippen molar-refractivity contribution < 1.29 is 29.2 Å². The predicted molar refractivity (Wildman–Crippen MR) is 125 cm³/mol. The molecule has 0 bridgehead atoms. The lowest BCUT2D eigenvalue weighted by atomic mass is 9.91. The molecule has 0 saturated carbocycles. The summed E-state index contributed by atoms with van der Waals surface area (Å²) in [6.07, 6.45) is -1.25. The summed E-state index contributed by atoms with van der Waals surface area (Å²) in [6, 6.07) is 12.0. The van der Waals surface area contributed by atoms with E-state index in [1.807, 2.05) is 49.1 Å². The van der Waals surface area contributed by atoms with Crippen LogP contribution in [0.2, 0.25) is 0 Å². The number of piperidine rings is 1. The molecule has 0 spiro atoms. The molecule has 8 heteroatoms. The van der Waals surface area contributed by atoms with E-state index in [0.717, 1.165) is 16.7 Å². The second-order valence-corrected chi connectivity index (χ2v) is 9.57. The van der Waals surface area contributed by atoms with Crippen LogP contribution in [0.25, 0.3) is 11.1 Å². The number of nitrogens with one attached hydrogen (secondary N) is 1. The Kier molecular flexibility index (Phi) is 5.56. The zero-order valence-electron chi connectivity index (χ0n) is 19.0. The number of aliphatic hydroxyl groups is 3. The average Bonchev–Trinajstić information content (AvgIpc) is 3.26. The largest absolute Gasteiger partial charge is 0.482 e. The Morgan fingerprint density at radius 1 is 1.09 bits per heavy atom. The maximum absolute atomic E-state index is 13.8. The molecular formula is C26H27FN2O5.